The molecular formula is C28H48F2N6O2. The van der Waals surface area contributed by atoms with E-state index in [9.17, 15) is 18.4 Å². The van der Waals surface area contributed by atoms with Crippen molar-refractivity contribution in [3.8, 4) is 0 Å². The summed E-state index contributed by atoms with van der Waals surface area (Å²) in [5.74, 6) is 0.361. The highest BCUT2D eigenvalue weighted by molar-refractivity contribution is 5.82. The van der Waals surface area contributed by atoms with E-state index in [1.54, 1.807) is 19.0 Å². The molecule has 0 aromatic carbocycles. The molecule has 2 amide bonds. The molecule has 0 radical (unpaired) electrons. The molecule has 8 nitrogen and oxygen atoms in total. The van der Waals surface area contributed by atoms with E-state index in [0.29, 0.717) is 44.2 Å². The van der Waals surface area contributed by atoms with Crippen LogP contribution >= 0.6 is 0 Å². The summed E-state index contributed by atoms with van der Waals surface area (Å²) in [6, 6.07) is 0.138. The zero-order valence-corrected chi connectivity index (χ0v) is 23.5. The molecule has 0 aromatic heterocycles. The van der Waals surface area contributed by atoms with Crippen molar-refractivity contribution in [1.82, 2.24) is 30.2 Å². The number of rotatable bonds is 6. The SMILES string of the molecule is CC1CCC(F)C2CC(C(=O)NC3CC(F)CC(N4CC[C@@H](N5CCN(CC(=O)N(C)C)CC5)C4)C3)NC12. The highest BCUT2D eigenvalue weighted by Crippen LogP contribution is 2.39. The van der Waals surface area contributed by atoms with Gasteiger partial charge in [0.05, 0.1) is 12.6 Å². The van der Waals surface area contributed by atoms with Crippen LogP contribution in [0.4, 0.5) is 8.78 Å². The number of likely N-dealkylation sites (N-methyl/N-ethyl adjacent to an activating group) is 1. The Morgan fingerprint density at radius 1 is 0.921 bits per heavy atom. The van der Waals surface area contributed by atoms with E-state index in [-0.39, 0.29) is 41.9 Å². The molecule has 0 bridgehead atoms. The number of fused-ring (bicyclic) bond motifs is 1. The molecule has 8 unspecified atom stereocenters. The molecule has 2 aliphatic carbocycles. The Morgan fingerprint density at radius 3 is 2.39 bits per heavy atom. The Kier molecular flexibility index (Phi) is 8.92. The van der Waals surface area contributed by atoms with Gasteiger partial charge in [0, 0.05) is 83.4 Å². The predicted octanol–water partition coefficient (Wildman–Crippen LogP) is 1.26. The number of nitrogens with zero attached hydrogens (tertiary/aromatic N) is 4. The number of halogens is 2. The molecular weight excluding hydrogens is 490 g/mol. The molecule has 38 heavy (non-hydrogen) atoms. The second kappa shape index (κ2) is 12.0. The summed E-state index contributed by atoms with van der Waals surface area (Å²) in [5.41, 5.74) is 0. The summed E-state index contributed by atoms with van der Waals surface area (Å²) >= 11 is 0. The molecule has 216 valence electrons. The third-order valence-corrected chi connectivity index (χ3v) is 10.1. The van der Waals surface area contributed by atoms with Crippen LogP contribution in [0, 0.1) is 11.8 Å². The van der Waals surface area contributed by atoms with Gasteiger partial charge in [-0.2, -0.15) is 0 Å². The molecule has 3 aliphatic heterocycles. The number of carbonyl (C=O) groups is 2. The summed E-state index contributed by atoms with van der Waals surface area (Å²) in [5, 5.41) is 6.56. The average molecular weight is 539 g/mol. The molecule has 0 aromatic rings. The third-order valence-electron chi connectivity index (χ3n) is 10.1. The van der Waals surface area contributed by atoms with Crippen LogP contribution < -0.4 is 10.6 Å². The number of nitrogens with one attached hydrogen (secondary N) is 2. The summed E-state index contributed by atoms with van der Waals surface area (Å²) < 4.78 is 29.4. The van der Waals surface area contributed by atoms with Crippen molar-refractivity contribution in [2.24, 2.45) is 11.8 Å². The zero-order valence-electron chi connectivity index (χ0n) is 23.5. The van der Waals surface area contributed by atoms with Gasteiger partial charge in [0.15, 0.2) is 0 Å². The van der Waals surface area contributed by atoms with Gasteiger partial charge in [0.2, 0.25) is 11.8 Å². The minimum absolute atomic E-state index is 0.0689. The highest BCUT2D eigenvalue weighted by atomic mass is 19.1. The Bertz CT molecular complexity index is 822. The molecule has 3 saturated heterocycles. The van der Waals surface area contributed by atoms with Crippen molar-refractivity contribution in [1.29, 1.82) is 0 Å². The smallest absolute Gasteiger partial charge is 0.237 e. The second-order valence-corrected chi connectivity index (χ2v) is 12.9. The van der Waals surface area contributed by atoms with E-state index in [1.165, 1.54) is 0 Å². The Morgan fingerprint density at radius 2 is 1.68 bits per heavy atom. The first-order chi connectivity index (χ1) is 18.2. The largest absolute Gasteiger partial charge is 0.352 e. The van der Waals surface area contributed by atoms with Crippen molar-refractivity contribution in [2.45, 2.75) is 94.4 Å². The first-order valence-electron chi connectivity index (χ1n) is 14.9. The zero-order chi connectivity index (χ0) is 27.0. The molecule has 3 heterocycles. The number of alkyl halides is 2. The summed E-state index contributed by atoms with van der Waals surface area (Å²) in [6.45, 7) is 8.26. The molecule has 2 N–H and O–H groups in total. The maximum atomic E-state index is 14.9. The van der Waals surface area contributed by atoms with Gasteiger partial charge in [0.25, 0.3) is 0 Å². The van der Waals surface area contributed by atoms with Crippen LogP contribution in [0.25, 0.3) is 0 Å². The van der Waals surface area contributed by atoms with E-state index in [4.69, 9.17) is 0 Å². The molecule has 5 rings (SSSR count). The van der Waals surface area contributed by atoms with Crippen molar-refractivity contribution < 1.29 is 18.4 Å². The van der Waals surface area contributed by atoms with Crippen molar-refractivity contribution in [3.63, 3.8) is 0 Å². The van der Waals surface area contributed by atoms with Gasteiger partial charge in [0.1, 0.15) is 12.3 Å². The van der Waals surface area contributed by atoms with Gasteiger partial charge >= 0.3 is 0 Å². The van der Waals surface area contributed by atoms with Crippen molar-refractivity contribution >= 4 is 11.8 Å². The van der Waals surface area contributed by atoms with E-state index in [1.807, 2.05) is 0 Å². The molecule has 5 aliphatic rings. The third kappa shape index (κ3) is 6.34. The minimum atomic E-state index is -0.912. The lowest BCUT2D eigenvalue weighted by Crippen LogP contribution is -2.54. The van der Waals surface area contributed by atoms with Gasteiger partial charge < -0.3 is 15.5 Å². The maximum Gasteiger partial charge on any atom is 0.237 e. The lowest BCUT2D eigenvalue weighted by molar-refractivity contribution is -0.130. The highest BCUT2D eigenvalue weighted by Gasteiger charge is 2.47. The van der Waals surface area contributed by atoms with Crippen molar-refractivity contribution in [3.05, 3.63) is 0 Å². The molecule has 10 heteroatoms. The Hall–Kier alpha value is -1.36. The van der Waals surface area contributed by atoms with Crippen molar-refractivity contribution in [2.75, 3.05) is 59.9 Å². The number of likely N-dealkylation sites (tertiary alicyclic amines) is 1. The van der Waals surface area contributed by atoms with E-state index >= 15 is 0 Å². The fraction of sp³-hybridized carbons (Fsp3) is 0.929. The molecule has 0 spiro atoms. The standard InChI is InChI=1S/C28H48F2N6O2/c1-18-4-5-24(30)23-15-25(32-27(18)23)28(38)31-20-12-19(29)13-22(14-20)36-7-6-21(16-36)35-10-8-34(9-11-35)17-26(37)33(2)3/h18-25,27,32H,4-17H2,1-3H3,(H,31,38)/t18?,19?,20?,21-,22?,23?,24?,25?,27?/m1/s1. The number of amides is 2. The molecule has 2 saturated carbocycles. The van der Waals surface area contributed by atoms with Gasteiger partial charge in [-0.15, -0.1) is 0 Å². The van der Waals surface area contributed by atoms with Crippen LogP contribution in [0.15, 0.2) is 0 Å². The molecule has 5 fully saturated rings. The quantitative estimate of drug-likeness (QED) is 0.531. The maximum absolute atomic E-state index is 14.9. The molecule has 9 atom stereocenters. The topological polar surface area (TPSA) is 71.2 Å². The van der Waals surface area contributed by atoms with Crippen LogP contribution in [0.1, 0.15) is 51.9 Å². The van der Waals surface area contributed by atoms with Crippen LogP contribution in [0.5, 0.6) is 0 Å². The second-order valence-electron chi connectivity index (χ2n) is 12.9. The van der Waals surface area contributed by atoms with Gasteiger partial charge in [-0.05, 0) is 50.9 Å². The van der Waals surface area contributed by atoms with Gasteiger partial charge in [-0.1, -0.05) is 6.92 Å². The van der Waals surface area contributed by atoms with Gasteiger partial charge in [-0.3, -0.25) is 24.3 Å². The number of hydrogen-bond donors (Lipinski definition) is 2. The van der Waals surface area contributed by atoms with E-state index in [2.05, 4.69) is 32.3 Å². The lowest BCUT2D eigenvalue weighted by Gasteiger charge is -2.40. The van der Waals surface area contributed by atoms with E-state index < -0.39 is 12.3 Å². The first kappa shape index (κ1) is 28.2. The van der Waals surface area contributed by atoms with E-state index in [0.717, 1.165) is 58.5 Å². The van der Waals surface area contributed by atoms with Crippen LogP contribution in [-0.4, -0.2) is 134 Å². The minimum Gasteiger partial charge on any atom is -0.352 e. The Labute approximate surface area is 226 Å². The predicted molar refractivity (Wildman–Crippen MR) is 143 cm³/mol. The normalized spacial score (nSPS) is 41.1. The summed E-state index contributed by atoms with van der Waals surface area (Å²) in [7, 11) is 3.60. The number of hydrogen-bond acceptors (Lipinski definition) is 6. The van der Waals surface area contributed by atoms with Crippen LogP contribution in [0.2, 0.25) is 0 Å². The van der Waals surface area contributed by atoms with Crippen LogP contribution in [-0.2, 0) is 9.59 Å². The summed E-state index contributed by atoms with van der Waals surface area (Å²) in [6.07, 6.45) is 3.02. The number of carbonyl (C=O) groups excluding carboxylic acids is 2. The monoisotopic (exact) mass is 538 g/mol. The lowest BCUT2D eigenvalue weighted by atomic mass is 9.77. The van der Waals surface area contributed by atoms with Crippen LogP contribution in [0.3, 0.4) is 0 Å². The first-order valence-corrected chi connectivity index (χ1v) is 14.9. The Balaban J connectivity index is 1.09. The fourth-order valence-electron chi connectivity index (χ4n) is 7.76. The summed E-state index contributed by atoms with van der Waals surface area (Å²) in [4.78, 5) is 34.0. The number of piperazine rings is 1. The fourth-order valence-corrected chi connectivity index (χ4v) is 7.76. The van der Waals surface area contributed by atoms with Gasteiger partial charge in [-0.25, -0.2) is 8.78 Å². The average Bonchev–Trinajstić information content (AvgIpc) is 3.55.